The number of carboxylic acids is 1. The lowest BCUT2D eigenvalue weighted by molar-refractivity contribution is -0.159. The zero-order chi connectivity index (χ0) is 13.8. The number of rotatable bonds is 3. The van der Waals surface area contributed by atoms with E-state index in [0.29, 0.717) is 6.54 Å². The van der Waals surface area contributed by atoms with E-state index < -0.39 is 12.1 Å². The molecule has 0 aromatic heterocycles. The van der Waals surface area contributed by atoms with E-state index in [2.05, 4.69) is 0 Å². The number of benzene rings is 1. The molecule has 0 radical (unpaired) electrons. The Kier molecular flexibility index (Phi) is 4.16. The molecule has 1 fully saturated rings. The molecule has 5 nitrogen and oxygen atoms in total. The van der Waals surface area contributed by atoms with Crippen molar-refractivity contribution in [2.75, 3.05) is 19.7 Å². The first-order valence-corrected chi connectivity index (χ1v) is 6.27. The first-order valence-electron chi connectivity index (χ1n) is 6.27. The van der Waals surface area contributed by atoms with Crippen LogP contribution < -0.4 is 0 Å². The van der Waals surface area contributed by atoms with Gasteiger partial charge in [0.05, 0.1) is 19.1 Å². The molecule has 5 heteroatoms. The lowest BCUT2D eigenvalue weighted by atomic mass is 9.99. The summed E-state index contributed by atoms with van der Waals surface area (Å²) < 4.78 is 5.11. The van der Waals surface area contributed by atoms with Crippen molar-refractivity contribution >= 4 is 11.9 Å². The molecule has 1 N–H and O–H groups in total. The number of morpholine rings is 1. The Bertz CT molecular complexity index is 460. The SMILES string of the molecule is C[C@H](C(=O)N1CCOC(C(=O)O)C1)c1ccccc1. The monoisotopic (exact) mass is 263 g/mol. The highest BCUT2D eigenvalue weighted by atomic mass is 16.5. The van der Waals surface area contributed by atoms with E-state index >= 15 is 0 Å². The number of nitrogens with zero attached hydrogens (tertiary/aromatic N) is 1. The van der Waals surface area contributed by atoms with Gasteiger partial charge in [0.1, 0.15) is 0 Å². The summed E-state index contributed by atoms with van der Waals surface area (Å²) in [6.45, 7) is 2.66. The number of hydrogen-bond acceptors (Lipinski definition) is 3. The highest BCUT2D eigenvalue weighted by Gasteiger charge is 2.31. The van der Waals surface area contributed by atoms with Crippen molar-refractivity contribution < 1.29 is 19.4 Å². The summed E-state index contributed by atoms with van der Waals surface area (Å²) in [4.78, 5) is 24.8. The molecule has 19 heavy (non-hydrogen) atoms. The van der Waals surface area contributed by atoms with Gasteiger partial charge in [0.15, 0.2) is 6.10 Å². The van der Waals surface area contributed by atoms with Crippen LogP contribution in [0.2, 0.25) is 0 Å². The lowest BCUT2D eigenvalue weighted by Crippen LogP contribution is -2.49. The molecule has 1 aliphatic heterocycles. The number of hydrogen-bond donors (Lipinski definition) is 1. The largest absolute Gasteiger partial charge is 0.479 e. The van der Waals surface area contributed by atoms with Gasteiger partial charge < -0.3 is 14.7 Å². The summed E-state index contributed by atoms with van der Waals surface area (Å²) in [5.74, 6) is -1.35. The molecule has 0 saturated carbocycles. The maximum absolute atomic E-state index is 12.3. The van der Waals surface area contributed by atoms with Crippen LogP contribution in [0, 0.1) is 0 Å². The van der Waals surface area contributed by atoms with E-state index in [4.69, 9.17) is 9.84 Å². The van der Waals surface area contributed by atoms with Gasteiger partial charge in [-0.2, -0.15) is 0 Å². The second kappa shape index (κ2) is 5.84. The Hall–Kier alpha value is -1.88. The molecule has 0 bridgehead atoms. The van der Waals surface area contributed by atoms with Gasteiger partial charge in [-0.15, -0.1) is 0 Å². The van der Waals surface area contributed by atoms with Crippen LogP contribution in [0.1, 0.15) is 18.4 Å². The van der Waals surface area contributed by atoms with E-state index in [0.717, 1.165) is 5.56 Å². The Balaban J connectivity index is 2.05. The molecule has 2 rings (SSSR count). The third kappa shape index (κ3) is 3.12. The maximum atomic E-state index is 12.3. The molecular weight excluding hydrogens is 246 g/mol. The van der Waals surface area contributed by atoms with E-state index in [1.54, 1.807) is 4.90 Å². The van der Waals surface area contributed by atoms with Crippen LogP contribution in [0.25, 0.3) is 0 Å². The second-order valence-electron chi connectivity index (χ2n) is 4.61. The average Bonchev–Trinajstić information content (AvgIpc) is 2.46. The third-order valence-corrected chi connectivity index (χ3v) is 3.32. The summed E-state index contributed by atoms with van der Waals surface area (Å²) in [5.41, 5.74) is 0.936. The zero-order valence-corrected chi connectivity index (χ0v) is 10.8. The molecular formula is C14H17NO4. The molecule has 1 aromatic carbocycles. The van der Waals surface area contributed by atoms with Crippen LogP contribution in [0.5, 0.6) is 0 Å². The van der Waals surface area contributed by atoms with Crippen LogP contribution in [0.15, 0.2) is 30.3 Å². The van der Waals surface area contributed by atoms with Gasteiger partial charge in [0.25, 0.3) is 0 Å². The van der Waals surface area contributed by atoms with Gasteiger partial charge >= 0.3 is 5.97 Å². The van der Waals surface area contributed by atoms with E-state index in [9.17, 15) is 9.59 Å². The molecule has 1 unspecified atom stereocenters. The average molecular weight is 263 g/mol. The number of carbonyl (C=O) groups excluding carboxylic acids is 1. The van der Waals surface area contributed by atoms with Crippen molar-refractivity contribution in [2.24, 2.45) is 0 Å². The van der Waals surface area contributed by atoms with Crippen molar-refractivity contribution in [3.63, 3.8) is 0 Å². The molecule has 1 amide bonds. The highest BCUT2D eigenvalue weighted by molar-refractivity contribution is 5.84. The first-order chi connectivity index (χ1) is 9.09. The second-order valence-corrected chi connectivity index (χ2v) is 4.61. The first kappa shape index (κ1) is 13.5. The predicted molar refractivity (Wildman–Crippen MR) is 68.8 cm³/mol. The predicted octanol–water partition coefficient (Wildman–Crippen LogP) is 1.10. The Morgan fingerprint density at radius 1 is 1.37 bits per heavy atom. The Labute approximate surface area is 111 Å². The van der Waals surface area contributed by atoms with Gasteiger partial charge in [0.2, 0.25) is 5.91 Å². The molecule has 102 valence electrons. The maximum Gasteiger partial charge on any atom is 0.334 e. The zero-order valence-electron chi connectivity index (χ0n) is 10.8. The van der Waals surface area contributed by atoms with Crippen LogP contribution in [0.4, 0.5) is 0 Å². The summed E-state index contributed by atoms with van der Waals surface area (Å²) in [5, 5.41) is 8.93. The minimum absolute atomic E-state index is 0.0549. The third-order valence-electron chi connectivity index (χ3n) is 3.32. The normalized spacial score (nSPS) is 20.9. The van der Waals surface area contributed by atoms with Gasteiger partial charge in [-0.1, -0.05) is 30.3 Å². The van der Waals surface area contributed by atoms with Gasteiger partial charge in [0, 0.05) is 6.54 Å². The Morgan fingerprint density at radius 2 is 2.05 bits per heavy atom. The minimum Gasteiger partial charge on any atom is -0.479 e. The van der Waals surface area contributed by atoms with Crippen LogP contribution in [-0.2, 0) is 14.3 Å². The number of carboxylic acid groups (broad SMARTS) is 1. The quantitative estimate of drug-likeness (QED) is 0.887. The standard InChI is InChI=1S/C14H17NO4/c1-10(11-5-3-2-4-6-11)13(16)15-7-8-19-12(9-15)14(17)18/h2-6,10,12H,7-9H2,1H3,(H,17,18)/t10-,12?/m0/s1. The van der Waals surface area contributed by atoms with Crippen molar-refractivity contribution in [2.45, 2.75) is 18.9 Å². The van der Waals surface area contributed by atoms with Gasteiger partial charge in [-0.05, 0) is 12.5 Å². The minimum atomic E-state index is -1.02. The molecule has 1 saturated heterocycles. The molecule has 0 aliphatic carbocycles. The van der Waals surface area contributed by atoms with E-state index in [1.165, 1.54) is 0 Å². The topological polar surface area (TPSA) is 66.8 Å². The molecule has 1 aliphatic rings. The van der Waals surface area contributed by atoms with E-state index in [1.807, 2.05) is 37.3 Å². The van der Waals surface area contributed by atoms with Crippen molar-refractivity contribution in [3.05, 3.63) is 35.9 Å². The molecule has 1 aromatic rings. The number of aliphatic carboxylic acids is 1. The van der Waals surface area contributed by atoms with Crippen LogP contribution in [-0.4, -0.2) is 47.7 Å². The number of carbonyl (C=O) groups is 2. The van der Waals surface area contributed by atoms with Crippen LogP contribution in [0.3, 0.4) is 0 Å². The van der Waals surface area contributed by atoms with Crippen molar-refractivity contribution in [1.82, 2.24) is 4.90 Å². The Morgan fingerprint density at radius 3 is 2.68 bits per heavy atom. The fourth-order valence-corrected chi connectivity index (χ4v) is 2.16. The fraction of sp³-hybridized carbons (Fsp3) is 0.429. The molecule has 0 spiro atoms. The summed E-state index contributed by atoms with van der Waals surface area (Å²) in [7, 11) is 0. The fourth-order valence-electron chi connectivity index (χ4n) is 2.16. The van der Waals surface area contributed by atoms with Gasteiger partial charge in [-0.25, -0.2) is 4.79 Å². The smallest absolute Gasteiger partial charge is 0.334 e. The molecule has 2 atom stereocenters. The number of amides is 1. The van der Waals surface area contributed by atoms with Crippen LogP contribution >= 0.6 is 0 Å². The molecule has 1 heterocycles. The van der Waals surface area contributed by atoms with Crippen molar-refractivity contribution in [1.29, 1.82) is 0 Å². The summed E-state index contributed by atoms with van der Waals surface area (Å²) >= 11 is 0. The summed E-state index contributed by atoms with van der Waals surface area (Å²) in [6, 6.07) is 9.47. The van der Waals surface area contributed by atoms with Gasteiger partial charge in [-0.3, -0.25) is 4.79 Å². The van der Waals surface area contributed by atoms with Crippen molar-refractivity contribution in [3.8, 4) is 0 Å². The van der Waals surface area contributed by atoms with E-state index in [-0.39, 0.29) is 25.0 Å². The summed E-state index contributed by atoms with van der Waals surface area (Å²) in [6.07, 6.45) is -0.916. The highest BCUT2D eigenvalue weighted by Crippen LogP contribution is 2.19. The lowest BCUT2D eigenvalue weighted by Gasteiger charge is -2.32. The number of ether oxygens (including phenoxy) is 1.